The molecule has 2 aromatic rings. The Balaban J connectivity index is 2.21. The molecule has 0 N–H and O–H groups in total. The number of aldehydes is 1. The molecule has 0 bridgehead atoms. The van der Waals surface area contributed by atoms with Gasteiger partial charge in [0.1, 0.15) is 6.29 Å². The van der Waals surface area contributed by atoms with Gasteiger partial charge < -0.3 is 0 Å². The molecule has 0 unspecified atom stereocenters. The topological polar surface area (TPSA) is 17.1 Å². The molecule has 0 saturated heterocycles. The SMILES string of the molecule is C=C(C)c1cc(CCc2cccc(C=O)c2)c(C)cc1C. The van der Waals surface area contributed by atoms with Crippen molar-refractivity contribution in [2.75, 3.05) is 0 Å². The van der Waals surface area contributed by atoms with Gasteiger partial charge in [0.15, 0.2) is 0 Å². The summed E-state index contributed by atoms with van der Waals surface area (Å²) in [4.78, 5) is 10.8. The zero-order valence-corrected chi connectivity index (χ0v) is 13.1. The van der Waals surface area contributed by atoms with Crippen LogP contribution >= 0.6 is 0 Å². The van der Waals surface area contributed by atoms with Gasteiger partial charge in [0, 0.05) is 5.56 Å². The third-order valence-electron chi connectivity index (χ3n) is 3.91. The van der Waals surface area contributed by atoms with Gasteiger partial charge >= 0.3 is 0 Å². The van der Waals surface area contributed by atoms with E-state index in [9.17, 15) is 4.79 Å². The maximum Gasteiger partial charge on any atom is 0.150 e. The molecule has 0 spiro atoms. The number of aryl methyl sites for hydroxylation is 4. The average molecular weight is 278 g/mol. The van der Waals surface area contributed by atoms with Crippen molar-refractivity contribution in [1.29, 1.82) is 0 Å². The first-order valence-electron chi connectivity index (χ1n) is 7.31. The summed E-state index contributed by atoms with van der Waals surface area (Å²) in [5.74, 6) is 0. The number of carbonyl (C=O) groups excluding carboxylic acids is 1. The number of hydrogen-bond donors (Lipinski definition) is 0. The molecule has 0 fully saturated rings. The van der Waals surface area contributed by atoms with Gasteiger partial charge in [-0.25, -0.2) is 0 Å². The maximum atomic E-state index is 10.8. The van der Waals surface area contributed by atoms with Crippen molar-refractivity contribution >= 4 is 11.9 Å². The van der Waals surface area contributed by atoms with Crippen LogP contribution in [0.25, 0.3) is 5.57 Å². The first kappa shape index (κ1) is 15.2. The van der Waals surface area contributed by atoms with Crippen LogP contribution in [-0.2, 0) is 12.8 Å². The number of allylic oxidation sites excluding steroid dienone is 1. The minimum atomic E-state index is 0.746. The zero-order chi connectivity index (χ0) is 15.4. The van der Waals surface area contributed by atoms with Crippen molar-refractivity contribution in [2.45, 2.75) is 33.6 Å². The normalized spacial score (nSPS) is 10.4. The van der Waals surface area contributed by atoms with Crippen molar-refractivity contribution in [3.63, 3.8) is 0 Å². The Kier molecular flexibility index (Phi) is 4.74. The fourth-order valence-corrected chi connectivity index (χ4v) is 2.73. The van der Waals surface area contributed by atoms with E-state index in [1.165, 1.54) is 27.8 Å². The zero-order valence-electron chi connectivity index (χ0n) is 13.1. The molecule has 0 aliphatic heterocycles. The Morgan fingerprint density at radius 3 is 2.52 bits per heavy atom. The van der Waals surface area contributed by atoms with Crippen molar-refractivity contribution in [1.82, 2.24) is 0 Å². The van der Waals surface area contributed by atoms with Crippen molar-refractivity contribution in [3.8, 4) is 0 Å². The van der Waals surface area contributed by atoms with E-state index in [4.69, 9.17) is 0 Å². The molecule has 0 aliphatic rings. The van der Waals surface area contributed by atoms with Crippen LogP contribution in [0, 0.1) is 13.8 Å². The lowest BCUT2D eigenvalue weighted by Crippen LogP contribution is -1.98. The summed E-state index contributed by atoms with van der Waals surface area (Å²) in [5, 5.41) is 0. The number of benzene rings is 2. The van der Waals surface area contributed by atoms with E-state index in [-0.39, 0.29) is 0 Å². The second-order valence-electron chi connectivity index (χ2n) is 5.74. The van der Waals surface area contributed by atoms with Crippen LogP contribution in [0.2, 0.25) is 0 Å². The van der Waals surface area contributed by atoms with Crippen LogP contribution in [0.5, 0.6) is 0 Å². The molecule has 0 radical (unpaired) electrons. The minimum Gasteiger partial charge on any atom is -0.298 e. The van der Waals surface area contributed by atoms with E-state index >= 15 is 0 Å². The van der Waals surface area contributed by atoms with Crippen LogP contribution in [0.3, 0.4) is 0 Å². The van der Waals surface area contributed by atoms with E-state index in [1.54, 1.807) is 0 Å². The van der Waals surface area contributed by atoms with Gasteiger partial charge in [0.25, 0.3) is 0 Å². The average Bonchev–Trinajstić information content (AvgIpc) is 2.46. The van der Waals surface area contributed by atoms with E-state index in [2.05, 4.69) is 45.5 Å². The molecule has 108 valence electrons. The van der Waals surface area contributed by atoms with E-state index < -0.39 is 0 Å². The summed E-state index contributed by atoms with van der Waals surface area (Å²) in [5.41, 5.74) is 8.27. The summed E-state index contributed by atoms with van der Waals surface area (Å²) >= 11 is 0. The van der Waals surface area contributed by atoms with Crippen LogP contribution in [-0.4, -0.2) is 6.29 Å². The Bertz CT molecular complexity index is 680. The molecule has 0 atom stereocenters. The first-order valence-corrected chi connectivity index (χ1v) is 7.31. The van der Waals surface area contributed by atoms with Gasteiger partial charge in [0.05, 0.1) is 0 Å². The molecular weight excluding hydrogens is 256 g/mol. The van der Waals surface area contributed by atoms with Crippen LogP contribution < -0.4 is 0 Å². The lowest BCUT2D eigenvalue weighted by Gasteiger charge is -2.12. The Labute approximate surface area is 127 Å². The molecule has 0 aliphatic carbocycles. The van der Waals surface area contributed by atoms with Crippen LogP contribution in [0.4, 0.5) is 0 Å². The van der Waals surface area contributed by atoms with Crippen molar-refractivity contribution in [2.24, 2.45) is 0 Å². The fourth-order valence-electron chi connectivity index (χ4n) is 2.73. The molecule has 0 amide bonds. The Morgan fingerprint density at radius 1 is 1.10 bits per heavy atom. The quantitative estimate of drug-likeness (QED) is 0.708. The molecule has 2 rings (SSSR count). The van der Waals surface area contributed by atoms with Gasteiger partial charge in [-0.05, 0) is 67.5 Å². The Hall–Kier alpha value is -2.15. The third-order valence-corrected chi connectivity index (χ3v) is 3.91. The number of hydrogen-bond acceptors (Lipinski definition) is 1. The minimum absolute atomic E-state index is 0.746. The molecule has 0 saturated carbocycles. The van der Waals surface area contributed by atoms with E-state index in [0.29, 0.717) is 0 Å². The smallest absolute Gasteiger partial charge is 0.150 e. The molecule has 21 heavy (non-hydrogen) atoms. The second kappa shape index (κ2) is 6.53. The van der Waals surface area contributed by atoms with Crippen molar-refractivity contribution < 1.29 is 4.79 Å². The second-order valence-corrected chi connectivity index (χ2v) is 5.74. The standard InChI is InChI=1S/C20H22O/c1-14(2)20-12-19(15(3)10-16(20)4)9-8-17-6-5-7-18(11-17)13-21/h5-7,10-13H,1,8-9H2,2-4H3. The predicted octanol–water partition coefficient (Wildman–Crippen LogP) is 4.93. The summed E-state index contributed by atoms with van der Waals surface area (Å²) < 4.78 is 0. The van der Waals surface area contributed by atoms with E-state index in [1.807, 2.05) is 18.2 Å². The molecule has 2 aromatic carbocycles. The molecule has 1 nitrogen and oxygen atoms in total. The maximum absolute atomic E-state index is 10.8. The molecule has 0 aromatic heterocycles. The van der Waals surface area contributed by atoms with Gasteiger partial charge in [0.2, 0.25) is 0 Å². The van der Waals surface area contributed by atoms with Gasteiger partial charge in [-0.1, -0.05) is 42.5 Å². The number of rotatable bonds is 5. The highest BCUT2D eigenvalue weighted by Crippen LogP contribution is 2.23. The fraction of sp³-hybridized carbons (Fsp3) is 0.250. The molecule has 0 heterocycles. The van der Waals surface area contributed by atoms with Crippen LogP contribution in [0.15, 0.2) is 43.0 Å². The Morgan fingerprint density at radius 2 is 1.86 bits per heavy atom. The lowest BCUT2D eigenvalue weighted by atomic mass is 9.93. The van der Waals surface area contributed by atoms with Gasteiger partial charge in [-0.15, -0.1) is 0 Å². The number of carbonyl (C=O) groups is 1. The lowest BCUT2D eigenvalue weighted by molar-refractivity contribution is 0.112. The summed E-state index contributed by atoms with van der Waals surface area (Å²) in [7, 11) is 0. The van der Waals surface area contributed by atoms with Crippen LogP contribution in [0.1, 0.15) is 45.1 Å². The van der Waals surface area contributed by atoms with Gasteiger partial charge in [-0.2, -0.15) is 0 Å². The predicted molar refractivity (Wildman–Crippen MR) is 89.9 cm³/mol. The third kappa shape index (κ3) is 3.69. The molecule has 1 heteroatoms. The summed E-state index contributed by atoms with van der Waals surface area (Å²) in [6.45, 7) is 10.4. The largest absolute Gasteiger partial charge is 0.298 e. The highest BCUT2D eigenvalue weighted by atomic mass is 16.1. The summed E-state index contributed by atoms with van der Waals surface area (Å²) in [6.07, 6.45) is 2.83. The monoisotopic (exact) mass is 278 g/mol. The van der Waals surface area contributed by atoms with Crippen molar-refractivity contribution in [3.05, 3.63) is 76.4 Å². The summed E-state index contributed by atoms with van der Waals surface area (Å²) in [6, 6.07) is 12.3. The molecular formula is C20H22O. The highest BCUT2D eigenvalue weighted by molar-refractivity contribution is 5.74. The van der Waals surface area contributed by atoms with E-state index in [0.717, 1.165) is 30.3 Å². The first-order chi connectivity index (χ1) is 10.0. The highest BCUT2D eigenvalue weighted by Gasteiger charge is 2.06. The van der Waals surface area contributed by atoms with Gasteiger partial charge in [-0.3, -0.25) is 4.79 Å².